The number of likely N-dealkylation sites (tertiary alicyclic amines) is 1. The molecule has 1 amide bonds. The fourth-order valence-corrected chi connectivity index (χ4v) is 3.76. The van der Waals surface area contributed by atoms with E-state index < -0.39 is 15.4 Å². The van der Waals surface area contributed by atoms with Gasteiger partial charge in [0, 0.05) is 12.8 Å². The molecule has 1 heterocycles. The fourth-order valence-electron chi connectivity index (χ4n) is 3.09. The molecule has 0 saturated carbocycles. The van der Waals surface area contributed by atoms with Crippen LogP contribution >= 0.6 is 0 Å². The van der Waals surface area contributed by atoms with Crippen LogP contribution in [0.3, 0.4) is 0 Å². The molecular weight excluding hydrogens is 312 g/mol. The lowest BCUT2D eigenvalue weighted by molar-refractivity contribution is -0.132. The molecule has 1 aliphatic rings. The van der Waals surface area contributed by atoms with Crippen molar-refractivity contribution in [2.45, 2.75) is 31.7 Å². The Morgan fingerprint density at radius 3 is 2.39 bits per heavy atom. The third-order valence-corrected chi connectivity index (χ3v) is 5.52. The standard InChI is InChI=1S/C17H26N2O3S/c1-17(19-12-6-7-13-19,15-9-4-3-5-10-15)16(20)18-11-8-14-23(2,21)22/h3-5,9-10H,6-8,11-14H2,1-2H3,(H,18,20). The Labute approximate surface area is 139 Å². The van der Waals surface area contributed by atoms with E-state index in [0.29, 0.717) is 13.0 Å². The normalized spacial score (nSPS) is 18.5. The Bertz CT molecular complexity index is 624. The maximum atomic E-state index is 12.9. The van der Waals surface area contributed by atoms with Gasteiger partial charge in [-0.15, -0.1) is 0 Å². The zero-order chi connectivity index (χ0) is 16.9. The second-order valence-corrected chi connectivity index (χ2v) is 8.63. The molecule has 1 saturated heterocycles. The molecule has 1 fully saturated rings. The van der Waals surface area contributed by atoms with Gasteiger partial charge in [0.05, 0.1) is 5.75 Å². The van der Waals surface area contributed by atoms with Crippen LogP contribution < -0.4 is 5.32 Å². The van der Waals surface area contributed by atoms with Gasteiger partial charge in [0.15, 0.2) is 0 Å². The number of carbonyl (C=O) groups is 1. The summed E-state index contributed by atoms with van der Waals surface area (Å²) in [4.78, 5) is 15.1. The molecule has 0 bridgehead atoms. The molecule has 1 aliphatic heterocycles. The Kier molecular flexibility index (Phi) is 5.81. The van der Waals surface area contributed by atoms with E-state index >= 15 is 0 Å². The smallest absolute Gasteiger partial charge is 0.244 e. The number of carbonyl (C=O) groups excluding carboxylic acids is 1. The summed E-state index contributed by atoms with van der Waals surface area (Å²) in [5.41, 5.74) is 0.269. The highest BCUT2D eigenvalue weighted by Gasteiger charge is 2.41. The van der Waals surface area contributed by atoms with E-state index in [-0.39, 0.29) is 11.7 Å². The van der Waals surface area contributed by atoms with Gasteiger partial charge in [0.2, 0.25) is 5.91 Å². The second-order valence-electron chi connectivity index (χ2n) is 6.37. The Morgan fingerprint density at radius 2 is 1.83 bits per heavy atom. The SMILES string of the molecule is CC(C(=O)NCCCS(C)(=O)=O)(c1ccccc1)N1CCCC1. The van der Waals surface area contributed by atoms with Crippen LogP contribution in [0.25, 0.3) is 0 Å². The van der Waals surface area contributed by atoms with E-state index in [1.54, 1.807) is 0 Å². The zero-order valence-electron chi connectivity index (χ0n) is 13.9. The lowest BCUT2D eigenvalue weighted by Gasteiger charge is -2.37. The Morgan fingerprint density at radius 1 is 1.22 bits per heavy atom. The van der Waals surface area contributed by atoms with Crippen molar-refractivity contribution in [3.05, 3.63) is 35.9 Å². The molecule has 128 valence electrons. The number of amides is 1. The van der Waals surface area contributed by atoms with E-state index in [4.69, 9.17) is 0 Å². The third-order valence-electron chi connectivity index (χ3n) is 4.49. The molecule has 6 heteroatoms. The summed E-state index contributed by atoms with van der Waals surface area (Å²) < 4.78 is 22.4. The number of hydrogen-bond acceptors (Lipinski definition) is 4. The van der Waals surface area contributed by atoms with Crippen molar-refractivity contribution in [3.8, 4) is 0 Å². The van der Waals surface area contributed by atoms with Crippen molar-refractivity contribution in [1.29, 1.82) is 0 Å². The van der Waals surface area contributed by atoms with E-state index in [0.717, 1.165) is 31.5 Å². The van der Waals surface area contributed by atoms with Crippen LogP contribution in [0.4, 0.5) is 0 Å². The molecular formula is C17H26N2O3S. The molecule has 2 rings (SSSR count). The summed E-state index contributed by atoms with van der Waals surface area (Å²) in [5, 5.41) is 2.93. The van der Waals surface area contributed by atoms with Crippen LogP contribution in [0, 0.1) is 0 Å². The summed E-state index contributed by atoms with van der Waals surface area (Å²) in [7, 11) is -2.99. The first-order chi connectivity index (χ1) is 10.8. The van der Waals surface area contributed by atoms with Crippen LogP contribution in [0.1, 0.15) is 31.7 Å². The van der Waals surface area contributed by atoms with Crippen molar-refractivity contribution >= 4 is 15.7 Å². The maximum absolute atomic E-state index is 12.9. The van der Waals surface area contributed by atoms with Gasteiger partial charge >= 0.3 is 0 Å². The summed E-state index contributed by atoms with van der Waals surface area (Å²) in [6, 6.07) is 9.79. The van der Waals surface area contributed by atoms with E-state index in [2.05, 4.69) is 10.2 Å². The molecule has 1 N–H and O–H groups in total. The molecule has 1 atom stereocenters. The lowest BCUT2D eigenvalue weighted by Crippen LogP contribution is -2.53. The molecule has 0 aliphatic carbocycles. The summed E-state index contributed by atoms with van der Waals surface area (Å²) in [6.45, 7) is 4.14. The summed E-state index contributed by atoms with van der Waals surface area (Å²) in [5.74, 6) is 0.0399. The Hall–Kier alpha value is -1.40. The van der Waals surface area contributed by atoms with Crippen LogP contribution in [0.15, 0.2) is 30.3 Å². The molecule has 0 spiro atoms. The number of hydrogen-bond donors (Lipinski definition) is 1. The molecule has 1 aromatic carbocycles. The number of nitrogens with zero attached hydrogens (tertiary/aromatic N) is 1. The number of sulfone groups is 1. The van der Waals surface area contributed by atoms with Gasteiger partial charge in [0.25, 0.3) is 0 Å². The average Bonchev–Trinajstić information content (AvgIpc) is 3.05. The van der Waals surface area contributed by atoms with Gasteiger partial charge in [-0.05, 0) is 44.8 Å². The quantitative estimate of drug-likeness (QED) is 0.766. The van der Waals surface area contributed by atoms with Crippen molar-refractivity contribution in [1.82, 2.24) is 10.2 Å². The van der Waals surface area contributed by atoms with Crippen LogP contribution in [-0.4, -0.2) is 50.9 Å². The van der Waals surface area contributed by atoms with Gasteiger partial charge in [-0.25, -0.2) is 8.42 Å². The third kappa shape index (κ3) is 4.54. The fraction of sp³-hybridized carbons (Fsp3) is 0.588. The topological polar surface area (TPSA) is 66.5 Å². The number of rotatable bonds is 7. The van der Waals surface area contributed by atoms with E-state index in [9.17, 15) is 13.2 Å². The highest BCUT2D eigenvalue weighted by Crippen LogP contribution is 2.31. The minimum absolute atomic E-state index is 0.0564. The first-order valence-electron chi connectivity index (χ1n) is 8.10. The van der Waals surface area contributed by atoms with Crippen molar-refractivity contribution in [2.75, 3.05) is 31.6 Å². The van der Waals surface area contributed by atoms with E-state index in [1.165, 1.54) is 6.26 Å². The zero-order valence-corrected chi connectivity index (χ0v) is 14.7. The van der Waals surface area contributed by atoms with Crippen molar-refractivity contribution in [3.63, 3.8) is 0 Å². The lowest BCUT2D eigenvalue weighted by atomic mass is 9.89. The second kappa shape index (κ2) is 7.45. The minimum atomic E-state index is -2.99. The highest BCUT2D eigenvalue weighted by atomic mass is 32.2. The molecule has 5 nitrogen and oxygen atoms in total. The van der Waals surface area contributed by atoms with Crippen LogP contribution in [0.2, 0.25) is 0 Å². The minimum Gasteiger partial charge on any atom is -0.354 e. The van der Waals surface area contributed by atoms with E-state index in [1.807, 2.05) is 37.3 Å². The van der Waals surface area contributed by atoms with Gasteiger partial charge < -0.3 is 5.32 Å². The largest absolute Gasteiger partial charge is 0.354 e. The maximum Gasteiger partial charge on any atom is 0.244 e. The first-order valence-corrected chi connectivity index (χ1v) is 10.2. The average molecular weight is 338 g/mol. The highest BCUT2D eigenvalue weighted by molar-refractivity contribution is 7.90. The molecule has 0 radical (unpaired) electrons. The van der Waals surface area contributed by atoms with Crippen molar-refractivity contribution in [2.24, 2.45) is 0 Å². The van der Waals surface area contributed by atoms with Crippen molar-refractivity contribution < 1.29 is 13.2 Å². The van der Waals surface area contributed by atoms with Gasteiger partial charge in [-0.3, -0.25) is 9.69 Å². The summed E-state index contributed by atoms with van der Waals surface area (Å²) in [6.07, 6.45) is 3.86. The van der Waals surface area contributed by atoms with Crippen LogP contribution in [-0.2, 0) is 20.2 Å². The molecule has 0 aromatic heterocycles. The molecule has 23 heavy (non-hydrogen) atoms. The predicted molar refractivity (Wildman–Crippen MR) is 91.9 cm³/mol. The molecule has 1 aromatic rings. The van der Waals surface area contributed by atoms with Gasteiger partial charge in [-0.2, -0.15) is 0 Å². The number of nitrogens with one attached hydrogen (secondary N) is 1. The summed E-state index contributed by atoms with van der Waals surface area (Å²) >= 11 is 0. The monoisotopic (exact) mass is 338 g/mol. The predicted octanol–water partition coefficient (Wildman–Crippen LogP) is 1.55. The first kappa shape index (κ1) is 17.9. The van der Waals surface area contributed by atoms with Crippen LogP contribution in [0.5, 0.6) is 0 Å². The van der Waals surface area contributed by atoms with Gasteiger partial charge in [0.1, 0.15) is 15.4 Å². The Balaban J connectivity index is 2.09. The molecule has 1 unspecified atom stereocenters. The number of benzene rings is 1. The van der Waals surface area contributed by atoms with Gasteiger partial charge in [-0.1, -0.05) is 30.3 Å².